The number of carbonyl (C=O) groups is 2. The zero-order valence-electron chi connectivity index (χ0n) is 13.4. The summed E-state index contributed by atoms with van der Waals surface area (Å²) in [6.07, 6.45) is 1.95. The van der Waals surface area contributed by atoms with Gasteiger partial charge in [-0.05, 0) is 31.5 Å². The van der Waals surface area contributed by atoms with Crippen molar-refractivity contribution in [3.8, 4) is 0 Å². The number of fused-ring (bicyclic) bond motifs is 1. The number of amides is 1. The molecule has 0 bridgehead atoms. The van der Waals surface area contributed by atoms with Crippen LogP contribution < -0.4 is 0 Å². The van der Waals surface area contributed by atoms with Crippen LogP contribution in [-0.4, -0.2) is 33.9 Å². The molecule has 1 saturated heterocycles. The standard InChI is InChI=1S/C18H20N2O3/c1-12(2)20(18(22)16-7-8-17(21)23-16)11-13-9-14-5-3-4-6-15(14)19-10-13/h3-6,9-10,12,16H,7-8,11H2,1-2H3/t16-/m0/s1. The van der Waals surface area contributed by atoms with E-state index in [0.717, 1.165) is 16.5 Å². The highest BCUT2D eigenvalue weighted by Crippen LogP contribution is 2.20. The molecule has 2 heterocycles. The largest absolute Gasteiger partial charge is 0.452 e. The molecule has 1 aromatic heterocycles. The van der Waals surface area contributed by atoms with E-state index in [9.17, 15) is 9.59 Å². The third kappa shape index (κ3) is 3.33. The number of benzene rings is 1. The summed E-state index contributed by atoms with van der Waals surface area (Å²) in [7, 11) is 0. The van der Waals surface area contributed by atoms with Gasteiger partial charge in [-0.3, -0.25) is 14.6 Å². The van der Waals surface area contributed by atoms with Crippen LogP contribution in [0, 0.1) is 0 Å². The van der Waals surface area contributed by atoms with Crippen molar-refractivity contribution in [2.75, 3.05) is 0 Å². The fourth-order valence-corrected chi connectivity index (χ4v) is 2.80. The highest BCUT2D eigenvalue weighted by Gasteiger charge is 2.34. The molecule has 0 aliphatic carbocycles. The van der Waals surface area contributed by atoms with E-state index in [2.05, 4.69) is 4.98 Å². The lowest BCUT2D eigenvalue weighted by Crippen LogP contribution is -2.42. The third-order valence-corrected chi connectivity index (χ3v) is 4.07. The Morgan fingerprint density at radius 3 is 2.87 bits per heavy atom. The van der Waals surface area contributed by atoms with Crippen LogP contribution >= 0.6 is 0 Å². The number of nitrogens with zero attached hydrogens (tertiary/aromatic N) is 2. The van der Waals surface area contributed by atoms with Crippen molar-refractivity contribution in [1.29, 1.82) is 0 Å². The zero-order chi connectivity index (χ0) is 16.4. The van der Waals surface area contributed by atoms with Crippen LogP contribution in [0.15, 0.2) is 36.5 Å². The van der Waals surface area contributed by atoms with Gasteiger partial charge in [-0.1, -0.05) is 18.2 Å². The second kappa shape index (κ2) is 6.36. The Kier molecular flexibility index (Phi) is 4.28. The quantitative estimate of drug-likeness (QED) is 0.814. The molecule has 1 aliphatic rings. The minimum atomic E-state index is -0.640. The van der Waals surface area contributed by atoms with Crippen molar-refractivity contribution in [3.05, 3.63) is 42.1 Å². The topological polar surface area (TPSA) is 59.5 Å². The molecule has 1 aliphatic heterocycles. The molecule has 3 rings (SSSR count). The maximum atomic E-state index is 12.6. The summed E-state index contributed by atoms with van der Waals surface area (Å²) < 4.78 is 5.12. The van der Waals surface area contributed by atoms with Gasteiger partial charge in [-0.25, -0.2) is 0 Å². The summed E-state index contributed by atoms with van der Waals surface area (Å²) in [5.74, 6) is -0.418. The second-order valence-corrected chi connectivity index (χ2v) is 6.11. The van der Waals surface area contributed by atoms with Crippen molar-refractivity contribution in [2.24, 2.45) is 0 Å². The minimum absolute atomic E-state index is 0.0215. The number of pyridine rings is 1. The number of esters is 1. The van der Waals surface area contributed by atoms with Crippen LogP contribution in [0.4, 0.5) is 0 Å². The monoisotopic (exact) mass is 312 g/mol. The average molecular weight is 312 g/mol. The Bertz CT molecular complexity index is 742. The molecule has 0 N–H and O–H groups in total. The normalized spacial score (nSPS) is 17.5. The highest BCUT2D eigenvalue weighted by atomic mass is 16.6. The van der Waals surface area contributed by atoms with E-state index >= 15 is 0 Å². The van der Waals surface area contributed by atoms with Gasteiger partial charge in [0.25, 0.3) is 5.91 Å². The number of carbonyl (C=O) groups excluding carboxylic acids is 2. The predicted molar refractivity (Wildman–Crippen MR) is 86.5 cm³/mol. The number of hydrogen-bond donors (Lipinski definition) is 0. The van der Waals surface area contributed by atoms with Crippen molar-refractivity contribution in [1.82, 2.24) is 9.88 Å². The van der Waals surface area contributed by atoms with Crippen LogP contribution in [0.1, 0.15) is 32.3 Å². The molecule has 0 spiro atoms. The molecule has 1 amide bonds. The van der Waals surface area contributed by atoms with Gasteiger partial charge in [-0.15, -0.1) is 0 Å². The van der Waals surface area contributed by atoms with Gasteiger partial charge in [-0.2, -0.15) is 0 Å². The number of rotatable bonds is 4. The lowest BCUT2D eigenvalue weighted by molar-refractivity contribution is -0.154. The molecule has 5 heteroatoms. The van der Waals surface area contributed by atoms with Crippen molar-refractivity contribution in [3.63, 3.8) is 0 Å². The molecule has 0 radical (unpaired) electrons. The fourth-order valence-electron chi connectivity index (χ4n) is 2.80. The molecular weight excluding hydrogens is 292 g/mol. The Balaban J connectivity index is 1.80. The smallest absolute Gasteiger partial charge is 0.306 e. The molecular formula is C18H20N2O3. The Labute approximate surface area is 135 Å². The first kappa shape index (κ1) is 15.5. The molecule has 5 nitrogen and oxygen atoms in total. The summed E-state index contributed by atoms with van der Waals surface area (Å²) in [5.41, 5.74) is 1.90. The molecule has 0 unspecified atom stereocenters. The molecule has 23 heavy (non-hydrogen) atoms. The predicted octanol–water partition coefficient (Wildman–Crippen LogP) is 2.68. The van der Waals surface area contributed by atoms with Crippen LogP contribution in [0.25, 0.3) is 10.9 Å². The van der Waals surface area contributed by atoms with Gasteiger partial charge < -0.3 is 9.64 Å². The van der Waals surface area contributed by atoms with E-state index < -0.39 is 6.10 Å². The maximum absolute atomic E-state index is 12.6. The number of ether oxygens (including phenoxy) is 1. The average Bonchev–Trinajstić information content (AvgIpc) is 2.98. The SMILES string of the molecule is CC(C)N(Cc1cnc2ccccc2c1)C(=O)[C@@H]1CCC(=O)O1. The van der Waals surface area contributed by atoms with Gasteiger partial charge in [0.15, 0.2) is 6.10 Å². The van der Waals surface area contributed by atoms with Gasteiger partial charge >= 0.3 is 5.97 Å². The van der Waals surface area contributed by atoms with Crippen LogP contribution in [0.5, 0.6) is 0 Å². The van der Waals surface area contributed by atoms with Gasteiger partial charge in [0.1, 0.15) is 0 Å². The van der Waals surface area contributed by atoms with Gasteiger partial charge in [0, 0.05) is 37.0 Å². The Hall–Kier alpha value is -2.43. The van der Waals surface area contributed by atoms with Crippen molar-refractivity contribution < 1.29 is 14.3 Å². The molecule has 120 valence electrons. The first-order chi connectivity index (χ1) is 11.0. The zero-order valence-corrected chi connectivity index (χ0v) is 13.4. The maximum Gasteiger partial charge on any atom is 0.306 e. The van der Waals surface area contributed by atoms with E-state index in [-0.39, 0.29) is 17.9 Å². The van der Waals surface area contributed by atoms with Gasteiger partial charge in [0.05, 0.1) is 5.52 Å². The minimum Gasteiger partial charge on any atom is -0.452 e. The summed E-state index contributed by atoms with van der Waals surface area (Å²) in [6.45, 7) is 4.38. The van der Waals surface area contributed by atoms with Crippen LogP contribution in [0.2, 0.25) is 0 Å². The van der Waals surface area contributed by atoms with Crippen molar-refractivity contribution in [2.45, 2.75) is 45.4 Å². The highest BCUT2D eigenvalue weighted by molar-refractivity contribution is 5.87. The lowest BCUT2D eigenvalue weighted by atomic mass is 10.1. The van der Waals surface area contributed by atoms with E-state index in [0.29, 0.717) is 19.4 Å². The summed E-state index contributed by atoms with van der Waals surface area (Å²) in [4.78, 5) is 30.1. The first-order valence-electron chi connectivity index (χ1n) is 7.88. The number of hydrogen-bond acceptors (Lipinski definition) is 4. The fraction of sp³-hybridized carbons (Fsp3) is 0.389. The first-order valence-corrected chi connectivity index (χ1v) is 7.88. The Morgan fingerprint density at radius 2 is 2.17 bits per heavy atom. The van der Waals surface area contributed by atoms with Gasteiger partial charge in [0.2, 0.25) is 0 Å². The summed E-state index contributed by atoms with van der Waals surface area (Å²) in [6, 6.07) is 9.96. The molecule has 1 atom stereocenters. The Morgan fingerprint density at radius 1 is 1.39 bits per heavy atom. The van der Waals surface area contributed by atoms with E-state index in [1.165, 1.54) is 0 Å². The number of cyclic esters (lactones) is 1. The number of para-hydroxylation sites is 1. The molecule has 1 aromatic carbocycles. The van der Waals surface area contributed by atoms with Crippen molar-refractivity contribution >= 4 is 22.8 Å². The molecule has 2 aromatic rings. The second-order valence-electron chi connectivity index (χ2n) is 6.11. The van der Waals surface area contributed by atoms with E-state index in [4.69, 9.17) is 4.74 Å². The number of aromatic nitrogens is 1. The van der Waals surface area contributed by atoms with E-state index in [1.807, 2.05) is 44.2 Å². The summed E-state index contributed by atoms with van der Waals surface area (Å²) in [5, 5.41) is 1.05. The van der Waals surface area contributed by atoms with Crippen LogP contribution in [0.3, 0.4) is 0 Å². The molecule has 0 saturated carbocycles. The molecule has 1 fully saturated rings. The van der Waals surface area contributed by atoms with E-state index in [1.54, 1.807) is 11.1 Å². The van der Waals surface area contributed by atoms with Crippen LogP contribution in [-0.2, 0) is 20.9 Å². The lowest BCUT2D eigenvalue weighted by Gasteiger charge is -2.28. The third-order valence-electron chi connectivity index (χ3n) is 4.07. The summed E-state index contributed by atoms with van der Waals surface area (Å²) >= 11 is 0.